The van der Waals surface area contributed by atoms with Crippen molar-refractivity contribution in [2.24, 2.45) is 0 Å². The molecule has 0 radical (unpaired) electrons. The summed E-state index contributed by atoms with van der Waals surface area (Å²) in [5.74, 6) is 0.340. The highest BCUT2D eigenvalue weighted by Gasteiger charge is 2.09. The summed E-state index contributed by atoms with van der Waals surface area (Å²) in [6.07, 6.45) is 0.467. The van der Waals surface area contributed by atoms with Crippen molar-refractivity contribution in [3.63, 3.8) is 0 Å². The average molecular weight is 265 g/mol. The van der Waals surface area contributed by atoms with Crippen LogP contribution in [0.3, 0.4) is 0 Å². The highest BCUT2D eigenvalue weighted by atomic mass is 16.3. The van der Waals surface area contributed by atoms with Crippen molar-refractivity contribution in [3.8, 4) is 5.75 Å². The van der Waals surface area contributed by atoms with Gasteiger partial charge in [0, 0.05) is 38.3 Å². The highest BCUT2D eigenvalue weighted by Crippen LogP contribution is 2.13. The fourth-order valence-corrected chi connectivity index (χ4v) is 1.87. The molecule has 0 spiro atoms. The molecule has 0 saturated carbocycles. The molecule has 1 aromatic heterocycles. The molecule has 0 bridgehead atoms. The van der Waals surface area contributed by atoms with E-state index in [1.807, 2.05) is 25.7 Å². The van der Waals surface area contributed by atoms with E-state index in [1.54, 1.807) is 12.1 Å². The molecular formula is C14H23N3O2. The van der Waals surface area contributed by atoms with Crippen LogP contribution in [-0.2, 0) is 11.3 Å². The van der Waals surface area contributed by atoms with E-state index < -0.39 is 0 Å². The highest BCUT2D eigenvalue weighted by molar-refractivity contribution is 5.76. The number of amides is 1. The van der Waals surface area contributed by atoms with Gasteiger partial charge in [-0.1, -0.05) is 0 Å². The zero-order valence-electron chi connectivity index (χ0n) is 11.9. The number of nitrogens with zero attached hydrogens (tertiary/aromatic N) is 2. The molecule has 0 aromatic carbocycles. The Morgan fingerprint density at radius 1 is 1.37 bits per heavy atom. The first-order chi connectivity index (χ1) is 9.08. The van der Waals surface area contributed by atoms with E-state index in [1.165, 1.54) is 0 Å². The molecule has 5 heteroatoms. The third-order valence-corrected chi connectivity index (χ3v) is 3.01. The maximum Gasteiger partial charge on any atom is 0.223 e. The Morgan fingerprint density at radius 2 is 2.05 bits per heavy atom. The molecule has 1 amide bonds. The summed E-state index contributed by atoms with van der Waals surface area (Å²) in [4.78, 5) is 17.8. The number of carbonyl (C=O) groups excluding carboxylic acids is 1. The van der Waals surface area contributed by atoms with E-state index in [2.05, 4.69) is 10.3 Å². The third kappa shape index (κ3) is 4.87. The summed E-state index contributed by atoms with van der Waals surface area (Å²) >= 11 is 0. The van der Waals surface area contributed by atoms with E-state index >= 15 is 0 Å². The van der Waals surface area contributed by atoms with Crippen molar-refractivity contribution in [2.45, 2.75) is 33.7 Å². The Hall–Kier alpha value is -1.62. The minimum Gasteiger partial charge on any atom is -0.506 e. The smallest absolute Gasteiger partial charge is 0.223 e. The van der Waals surface area contributed by atoms with Crippen molar-refractivity contribution in [1.82, 2.24) is 15.2 Å². The number of pyridine rings is 1. The Kier molecular flexibility index (Phi) is 6.29. The van der Waals surface area contributed by atoms with E-state index in [4.69, 9.17) is 0 Å². The maximum absolute atomic E-state index is 11.8. The summed E-state index contributed by atoms with van der Waals surface area (Å²) in [6, 6.07) is 3.41. The molecule has 5 nitrogen and oxygen atoms in total. The number of carbonyl (C=O) groups is 1. The third-order valence-electron chi connectivity index (χ3n) is 3.01. The number of rotatable bonds is 7. The number of hydrogen-bond acceptors (Lipinski definition) is 4. The first kappa shape index (κ1) is 15.4. The molecule has 0 saturated heterocycles. The van der Waals surface area contributed by atoms with Gasteiger partial charge in [-0.3, -0.25) is 9.78 Å². The predicted molar refractivity (Wildman–Crippen MR) is 74.9 cm³/mol. The molecule has 1 heterocycles. The summed E-state index contributed by atoms with van der Waals surface area (Å²) in [6.45, 7) is 8.38. The minimum absolute atomic E-state index is 0.152. The van der Waals surface area contributed by atoms with Crippen molar-refractivity contribution in [1.29, 1.82) is 0 Å². The quantitative estimate of drug-likeness (QED) is 0.732. The summed E-state index contributed by atoms with van der Waals surface area (Å²) in [5.41, 5.74) is 1.49. The van der Waals surface area contributed by atoms with E-state index in [9.17, 15) is 9.90 Å². The monoisotopic (exact) mass is 265 g/mol. The van der Waals surface area contributed by atoms with Crippen LogP contribution in [0.25, 0.3) is 0 Å². The first-order valence-electron chi connectivity index (χ1n) is 6.72. The average Bonchev–Trinajstić information content (AvgIpc) is 2.40. The number of aromatic hydroxyl groups is 1. The van der Waals surface area contributed by atoms with Crippen LogP contribution in [0.4, 0.5) is 0 Å². The molecule has 1 aromatic rings. The second-order valence-corrected chi connectivity index (χ2v) is 4.41. The lowest BCUT2D eigenvalue weighted by Gasteiger charge is -2.18. The molecule has 2 N–H and O–H groups in total. The van der Waals surface area contributed by atoms with Gasteiger partial charge in [0.05, 0.1) is 5.69 Å². The van der Waals surface area contributed by atoms with Gasteiger partial charge in [0.15, 0.2) is 0 Å². The second kappa shape index (κ2) is 7.74. The standard InChI is InChI=1S/C14H23N3O2/c1-4-17(5-2)14(19)8-9-15-10-12-13(18)7-6-11(3)16-12/h6-7,15,18H,4-5,8-10H2,1-3H3. The second-order valence-electron chi connectivity index (χ2n) is 4.41. The number of hydrogen-bond donors (Lipinski definition) is 2. The zero-order valence-corrected chi connectivity index (χ0v) is 11.9. The number of aromatic nitrogens is 1. The van der Waals surface area contributed by atoms with Gasteiger partial charge in [0.1, 0.15) is 5.75 Å². The van der Waals surface area contributed by atoms with Crippen molar-refractivity contribution in [2.75, 3.05) is 19.6 Å². The first-order valence-corrected chi connectivity index (χ1v) is 6.72. The van der Waals surface area contributed by atoms with Crippen LogP contribution < -0.4 is 5.32 Å². The number of aryl methyl sites for hydroxylation is 1. The molecule has 106 valence electrons. The van der Waals surface area contributed by atoms with Gasteiger partial charge in [-0.2, -0.15) is 0 Å². The summed E-state index contributed by atoms with van der Waals surface area (Å²) in [5, 5.41) is 12.8. The SMILES string of the molecule is CCN(CC)C(=O)CCNCc1nc(C)ccc1O. The van der Waals surface area contributed by atoms with Gasteiger partial charge in [-0.05, 0) is 32.9 Å². The van der Waals surface area contributed by atoms with Crippen LogP contribution >= 0.6 is 0 Å². The Labute approximate surface area is 114 Å². The molecule has 0 fully saturated rings. The van der Waals surface area contributed by atoms with Crippen LogP contribution in [0.2, 0.25) is 0 Å². The molecule has 0 aliphatic carbocycles. The Bertz CT molecular complexity index is 417. The van der Waals surface area contributed by atoms with Gasteiger partial charge < -0.3 is 15.3 Å². The largest absolute Gasteiger partial charge is 0.506 e. The molecule has 19 heavy (non-hydrogen) atoms. The Balaban J connectivity index is 2.35. The molecule has 0 aliphatic rings. The van der Waals surface area contributed by atoms with E-state index in [-0.39, 0.29) is 11.7 Å². The molecule has 0 unspecified atom stereocenters. The lowest BCUT2D eigenvalue weighted by Crippen LogP contribution is -2.32. The van der Waals surface area contributed by atoms with Crippen LogP contribution in [0.1, 0.15) is 31.7 Å². The van der Waals surface area contributed by atoms with E-state index in [0.717, 1.165) is 18.8 Å². The van der Waals surface area contributed by atoms with Crippen molar-refractivity contribution < 1.29 is 9.90 Å². The fourth-order valence-electron chi connectivity index (χ4n) is 1.87. The van der Waals surface area contributed by atoms with Crippen LogP contribution in [0.15, 0.2) is 12.1 Å². The van der Waals surface area contributed by atoms with Gasteiger partial charge in [0.25, 0.3) is 0 Å². The maximum atomic E-state index is 11.8. The molecule has 1 rings (SSSR count). The van der Waals surface area contributed by atoms with Crippen LogP contribution in [-0.4, -0.2) is 40.5 Å². The van der Waals surface area contributed by atoms with Gasteiger partial charge in [-0.25, -0.2) is 0 Å². The summed E-state index contributed by atoms with van der Waals surface area (Å²) < 4.78 is 0. The van der Waals surface area contributed by atoms with Crippen LogP contribution in [0.5, 0.6) is 5.75 Å². The number of nitrogens with one attached hydrogen (secondary N) is 1. The normalized spacial score (nSPS) is 10.5. The van der Waals surface area contributed by atoms with Gasteiger partial charge in [0.2, 0.25) is 5.91 Å². The Morgan fingerprint density at radius 3 is 2.68 bits per heavy atom. The van der Waals surface area contributed by atoms with Gasteiger partial charge in [-0.15, -0.1) is 0 Å². The van der Waals surface area contributed by atoms with Crippen LogP contribution in [0, 0.1) is 6.92 Å². The lowest BCUT2D eigenvalue weighted by molar-refractivity contribution is -0.130. The van der Waals surface area contributed by atoms with Gasteiger partial charge >= 0.3 is 0 Å². The fraction of sp³-hybridized carbons (Fsp3) is 0.571. The van der Waals surface area contributed by atoms with E-state index in [0.29, 0.717) is 25.2 Å². The van der Waals surface area contributed by atoms with Crippen molar-refractivity contribution in [3.05, 3.63) is 23.5 Å². The zero-order chi connectivity index (χ0) is 14.3. The molecular weight excluding hydrogens is 242 g/mol. The lowest BCUT2D eigenvalue weighted by atomic mass is 10.2. The van der Waals surface area contributed by atoms with Crippen molar-refractivity contribution >= 4 is 5.91 Å². The molecule has 0 aliphatic heterocycles. The topological polar surface area (TPSA) is 65.5 Å². The molecule has 0 atom stereocenters. The summed E-state index contributed by atoms with van der Waals surface area (Å²) in [7, 11) is 0. The minimum atomic E-state index is 0.152. The predicted octanol–water partition coefficient (Wildman–Crippen LogP) is 1.44.